The molecule has 1 fully saturated rings. The summed E-state index contributed by atoms with van der Waals surface area (Å²) in [5, 5.41) is 0.674. The van der Waals surface area contributed by atoms with Gasteiger partial charge in [-0.2, -0.15) is 0 Å². The zero-order valence-electron chi connectivity index (χ0n) is 16.1. The molecule has 1 saturated heterocycles. The number of carbonyl (C=O) groups is 1. The normalized spacial score (nSPS) is 14.4. The standard InChI is InChI=1S/C23H23ClN2O2/c1-16-4-3-5-20(17(16)2)25-12-14-26(15-13-25)23(27)22-11-10-21(28-22)18-6-8-19(24)9-7-18/h3-11H,12-15H2,1-2H3. The number of benzene rings is 2. The number of furan rings is 1. The van der Waals surface area contributed by atoms with Crippen molar-refractivity contribution in [3.05, 3.63) is 76.5 Å². The lowest BCUT2D eigenvalue weighted by Crippen LogP contribution is -2.49. The van der Waals surface area contributed by atoms with Crippen LogP contribution in [0.1, 0.15) is 21.7 Å². The van der Waals surface area contributed by atoms with Crippen molar-refractivity contribution in [2.75, 3.05) is 31.1 Å². The average molecular weight is 395 g/mol. The maximum absolute atomic E-state index is 12.9. The van der Waals surface area contributed by atoms with Gasteiger partial charge in [0.25, 0.3) is 5.91 Å². The van der Waals surface area contributed by atoms with Crippen LogP contribution in [0.15, 0.2) is 59.0 Å². The lowest BCUT2D eigenvalue weighted by molar-refractivity contribution is 0.0715. The smallest absolute Gasteiger partial charge is 0.289 e. The van der Waals surface area contributed by atoms with E-state index < -0.39 is 0 Å². The number of carbonyl (C=O) groups excluding carboxylic acids is 1. The molecular formula is C23H23ClN2O2. The Balaban J connectivity index is 1.43. The van der Waals surface area contributed by atoms with Crippen LogP contribution in [-0.4, -0.2) is 37.0 Å². The van der Waals surface area contributed by atoms with Crippen molar-refractivity contribution in [1.82, 2.24) is 4.90 Å². The van der Waals surface area contributed by atoms with Crippen molar-refractivity contribution in [2.45, 2.75) is 13.8 Å². The first-order valence-corrected chi connectivity index (χ1v) is 9.87. The van der Waals surface area contributed by atoms with Crippen LogP contribution in [-0.2, 0) is 0 Å². The van der Waals surface area contributed by atoms with Crippen LogP contribution in [0, 0.1) is 13.8 Å². The van der Waals surface area contributed by atoms with Crippen LogP contribution in [0.25, 0.3) is 11.3 Å². The summed E-state index contributed by atoms with van der Waals surface area (Å²) in [5.41, 5.74) is 4.76. The minimum absolute atomic E-state index is 0.0548. The molecule has 2 aromatic carbocycles. The Kier molecular flexibility index (Phi) is 5.14. The van der Waals surface area contributed by atoms with Crippen LogP contribution >= 0.6 is 11.6 Å². The van der Waals surface area contributed by atoms with Crippen molar-refractivity contribution in [3.63, 3.8) is 0 Å². The number of halogens is 1. The van der Waals surface area contributed by atoms with Crippen LogP contribution in [0.5, 0.6) is 0 Å². The molecule has 1 aromatic heterocycles. The Morgan fingerprint density at radius 2 is 1.64 bits per heavy atom. The van der Waals surface area contributed by atoms with Gasteiger partial charge in [0.05, 0.1) is 0 Å². The van der Waals surface area contributed by atoms with Gasteiger partial charge in [0.2, 0.25) is 0 Å². The number of aryl methyl sites for hydroxylation is 1. The van der Waals surface area contributed by atoms with Gasteiger partial charge < -0.3 is 14.2 Å². The van der Waals surface area contributed by atoms with Gasteiger partial charge in [0.1, 0.15) is 5.76 Å². The van der Waals surface area contributed by atoms with E-state index in [9.17, 15) is 4.79 Å². The second-order valence-electron chi connectivity index (χ2n) is 7.17. The van der Waals surface area contributed by atoms with Gasteiger partial charge in [-0.25, -0.2) is 0 Å². The average Bonchev–Trinajstić information content (AvgIpc) is 3.20. The number of piperazine rings is 1. The number of hydrogen-bond acceptors (Lipinski definition) is 3. The molecule has 0 unspecified atom stereocenters. The highest BCUT2D eigenvalue weighted by Crippen LogP contribution is 2.26. The van der Waals surface area contributed by atoms with Gasteiger partial charge >= 0.3 is 0 Å². The fraction of sp³-hybridized carbons (Fsp3) is 0.261. The molecule has 28 heavy (non-hydrogen) atoms. The summed E-state index contributed by atoms with van der Waals surface area (Å²) in [5.74, 6) is 1.00. The molecule has 0 atom stereocenters. The van der Waals surface area contributed by atoms with E-state index in [-0.39, 0.29) is 5.91 Å². The zero-order chi connectivity index (χ0) is 19.7. The molecule has 1 aliphatic rings. The Hall–Kier alpha value is -2.72. The van der Waals surface area contributed by atoms with Gasteiger partial charge in [0, 0.05) is 42.5 Å². The SMILES string of the molecule is Cc1cccc(N2CCN(C(=O)c3ccc(-c4ccc(Cl)cc4)o3)CC2)c1C. The maximum atomic E-state index is 12.9. The maximum Gasteiger partial charge on any atom is 0.289 e. The molecule has 4 nitrogen and oxygen atoms in total. The number of rotatable bonds is 3. The summed E-state index contributed by atoms with van der Waals surface area (Å²) in [7, 11) is 0. The quantitative estimate of drug-likeness (QED) is 0.614. The number of nitrogens with zero attached hydrogens (tertiary/aromatic N) is 2. The number of anilines is 1. The largest absolute Gasteiger partial charge is 0.451 e. The Labute approximate surface area is 170 Å². The van der Waals surface area contributed by atoms with E-state index >= 15 is 0 Å². The molecule has 2 heterocycles. The lowest BCUT2D eigenvalue weighted by Gasteiger charge is -2.36. The van der Waals surface area contributed by atoms with Crippen molar-refractivity contribution >= 4 is 23.2 Å². The van der Waals surface area contributed by atoms with E-state index in [0.29, 0.717) is 29.6 Å². The molecule has 0 spiro atoms. The fourth-order valence-corrected chi connectivity index (χ4v) is 3.73. The second-order valence-corrected chi connectivity index (χ2v) is 7.61. The van der Waals surface area contributed by atoms with Crippen molar-refractivity contribution in [1.29, 1.82) is 0 Å². The molecule has 0 aliphatic carbocycles. The molecule has 1 amide bonds. The summed E-state index contributed by atoms with van der Waals surface area (Å²) >= 11 is 5.94. The topological polar surface area (TPSA) is 36.7 Å². The third-order valence-electron chi connectivity index (χ3n) is 5.43. The summed E-state index contributed by atoms with van der Waals surface area (Å²) in [6.07, 6.45) is 0. The fourth-order valence-electron chi connectivity index (χ4n) is 3.61. The van der Waals surface area contributed by atoms with Gasteiger partial charge in [0.15, 0.2) is 5.76 Å². The monoisotopic (exact) mass is 394 g/mol. The van der Waals surface area contributed by atoms with Crippen LogP contribution in [0.4, 0.5) is 5.69 Å². The van der Waals surface area contributed by atoms with Crippen molar-refractivity contribution in [3.8, 4) is 11.3 Å². The van der Waals surface area contributed by atoms with Gasteiger partial charge in [-0.05, 0) is 67.4 Å². The highest BCUT2D eigenvalue weighted by atomic mass is 35.5. The highest BCUT2D eigenvalue weighted by Gasteiger charge is 2.25. The molecule has 0 bridgehead atoms. The predicted molar refractivity (Wildman–Crippen MR) is 113 cm³/mol. The minimum atomic E-state index is -0.0548. The highest BCUT2D eigenvalue weighted by molar-refractivity contribution is 6.30. The third-order valence-corrected chi connectivity index (χ3v) is 5.68. The van der Waals surface area contributed by atoms with E-state index in [4.69, 9.17) is 16.0 Å². The summed E-state index contributed by atoms with van der Waals surface area (Å²) < 4.78 is 5.82. The minimum Gasteiger partial charge on any atom is -0.451 e. The van der Waals surface area contributed by atoms with E-state index in [2.05, 4.69) is 36.9 Å². The van der Waals surface area contributed by atoms with E-state index in [1.807, 2.05) is 35.2 Å². The first kappa shape index (κ1) is 18.6. The van der Waals surface area contributed by atoms with Crippen molar-refractivity contribution < 1.29 is 9.21 Å². The molecule has 0 saturated carbocycles. The van der Waals surface area contributed by atoms with Gasteiger partial charge in [-0.1, -0.05) is 23.7 Å². The third kappa shape index (κ3) is 3.65. The number of amides is 1. The molecule has 4 rings (SSSR count). The molecule has 144 valence electrons. The molecule has 0 radical (unpaired) electrons. The molecule has 1 aliphatic heterocycles. The van der Waals surface area contributed by atoms with Gasteiger partial charge in [-0.15, -0.1) is 0 Å². The molecule has 5 heteroatoms. The number of hydrogen-bond donors (Lipinski definition) is 0. The van der Waals surface area contributed by atoms with E-state index in [1.165, 1.54) is 16.8 Å². The van der Waals surface area contributed by atoms with E-state index in [1.54, 1.807) is 6.07 Å². The second kappa shape index (κ2) is 7.72. The summed E-state index contributed by atoms with van der Waals surface area (Å²) in [6, 6.07) is 17.4. The Morgan fingerprint density at radius 1 is 0.929 bits per heavy atom. The predicted octanol–water partition coefficient (Wildman–Crippen LogP) is 5.18. The zero-order valence-corrected chi connectivity index (χ0v) is 16.9. The summed E-state index contributed by atoms with van der Waals surface area (Å²) in [4.78, 5) is 17.1. The lowest BCUT2D eigenvalue weighted by atomic mass is 10.1. The summed E-state index contributed by atoms with van der Waals surface area (Å²) in [6.45, 7) is 7.30. The molecule has 3 aromatic rings. The molecule has 0 N–H and O–H groups in total. The first-order chi connectivity index (χ1) is 13.5. The van der Waals surface area contributed by atoms with E-state index in [0.717, 1.165) is 18.7 Å². The first-order valence-electron chi connectivity index (χ1n) is 9.49. The van der Waals surface area contributed by atoms with Gasteiger partial charge in [-0.3, -0.25) is 4.79 Å². The van der Waals surface area contributed by atoms with Crippen LogP contribution < -0.4 is 4.90 Å². The Morgan fingerprint density at radius 3 is 2.36 bits per heavy atom. The molecular weight excluding hydrogens is 372 g/mol. The Bertz CT molecular complexity index is 986. The van der Waals surface area contributed by atoms with Crippen LogP contribution in [0.3, 0.4) is 0 Å². The van der Waals surface area contributed by atoms with Crippen molar-refractivity contribution in [2.24, 2.45) is 0 Å². The van der Waals surface area contributed by atoms with Crippen LogP contribution in [0.2, 0.25) is 5.02 Å².